The number of hydrogen-bond donors (Lipinski definition) is 0. The summed E-state index contributed by atoms with van der Waals surface area (Å²) in [5, 5.41) is 32.8. The first kappa shape index (κ1) is 80.3. The Labute approximate surface area is 822 Å². The lowest BCUT2D eigenvalue weighted by atomic mass is 9.84. The average molecular weight is 1810 g/mol. The molecule has 0 atom stereocenters. The highest BCUT2D eigenvalue weighted by Crippen LogP contribution is 2.53. The van der Waals surface area contributed by atoms with Crippen LogP contribution in [0.5, 0.6) is 0 Å². The van der Waals surface area contributed by atoms with E-state index in [-0.39, 0.29) is 0 Å². The molecule has 0 unspecified atom stereocenters. The van der Waals surface area contributed by atoms with Gasteiger partial charge < -0.3 is 13.3 Å². The first-order valence-electron chi connectivity index (χ1n) is 49.3. The predicted molar refractivity (Wildman–Crippen MR) is 606 cm³/mol. The Hall–Kier alpha value is -18.8. The normalized spacial score (nSPS) is 12.1. The van der Waals surface area contributed by atoms with Crippen molar-refractivity contribution >= 4 is 184 Å². The van der Waals surface area contributed by atoms with Gasteiger partial charge in [0.05, 0.1) is 0 Å². The maximum Gasteiger partial charge on any atom is 0.136 e. The fraction of sp³-hybridized carbons (Fsp3) is 0. The summed E-state index contributed by atoms with van der Waals surface area (Å²) in [4.78, 5) is 0. The van der Waals surface area contributed by atoms with E-state index in [4.69, 9.17) is 13.3 Å². The first-order valence-corrected chi connectivity index (χ1v) is 49.3. The van der Waals surface area contributed by atoms with E-state index in [0.717, 1.165) is 160 Å². The molecule has 3 aromatic heterocycles. The van der Waals surface area contributed by atoms with Gasteiger partial charge in [-0.3, -0.25) is 0 Å². The molecule has 143 heavy (non-hydrogen) atoms. The van der Waals surface area contributed by atoms with Crippen LogP contribution in [0, 0.1) is 0 Å². The summed E-state index contributed by atoms with van der Waals surface area (Å²) >= 11 is 0. The lowest BCUT2D eigenvalue weighted by molar-refractivity contribution is 0.669. The summed E-state index contributed by atoms with van der Waals surface area (Å²) < 4.78 is 20.6. The third-order valence-corrected chi connectivity index (χ3v) is 30.7. The van der Waals surface area contributed by atoms with Crippen molar-refractivity contribution in [1.82, 2.24) is 0 Å². The van der Waals surface area contributed by atoms with Gasteiger partial charge in [0.1, 0.15) is 33.5 Å². The number of rotatable bonds is 12. The van der Waals surface area contributed by atoms with Crippen LogP contribution in [-0.2, 0) is 0 Å². The molecule has 0 amide bonds. The van der Waals surface area contributed by atoms with Crippen molar-refractivity contribution in [3.8, 4) is 134 Å². The Balaban J connectivity index is 0.515. The predicted octanol–water partition coefficient (Wildman–Crippen LogP) is 40.1. The van der Waals surface area contributed by atoms with E-state index in [0.29, 0.717) is 0 Å². The molecular weight excluding hydrogens is 1730 g/mol. The summed E-state index contributed by atoms with van der Waals surface area (Å²) in [5.41, 5.74) is 33.1. The summed E-state index contributed by atoms with van der Waals surface area (Å²) in [5.74, 6) is 0. The highest BCUT2D eigenvalue weighted by Gasteiger charge is 2.26. The van der Waals surface area contributed by atoms with Gasteiger partial charge in [0, 0.05) is 32.3 Å². The Bertz CT molecular complexity index is 10500. The molecule has 0 aliphatic rings. The van der Waals surface area contributed by atoms with Gasteiger partial charge in [0.15, 0.2) is 0 Å². The Morgan fingerprint density at radius 1 is 0.0909 bits per heavy atom. The molecule has 0 fully saturated rings. The second-order valence-corrected chi connectivity index (χ2v) is 38.7. The molecule has 3 nitrogen and oxygen atoms in total. The molecule has 660 valence electrons. The van der Waals surface area contributed by atoms with Crippen molar-refractivity contribution in [3.63, 3.8) is 0 Å². The van der Waals surface area contributed by atoms with E-state index in [1.54, 1.807) is 0 Å². The minimum absolute atomic E-state index is 0.848. The standard InChI is InChI=1S/C140H82O3/c1-3-24-89-66-95(56-52-83(89)22-1)86-50-54-88(55-51-86)135-110-33-7-9-35-112(110)137(113-36-10-8-34-111(113)135)102-61-64-130-124(78-102)127-75-98-59-58-96(70-107(98)81-133(127)142-130)85-46-48-87(49-47-85)105-71-106(73-108(72-105)140-120-43-17-15-41-118(120)139(119-42-16-18-44-121(119)140)103-60-63-129-123(77-103)126-74-93-26-5-6-27-94(93)80-132(126)141-129)92-29-19-30-99(68-92)109-45-21-31-100-76-128-125-79-104(62-65-131(125)143-134(128)82-122(100)109)138-116-39-13-11-37-114(116)136(115-38-12-14-40-117(115)138)101-32-20-28-91(69-101)97-57-53-84-23-2-4-25-90(84)67-97/h1-82H. The van der Waals surface area contributed by atoms with Crippen LogP contribution in [0.4, 0.5) is 0 Å². The summed E-state index contributed by atoms with van der Waals surface area (Å²) in [6.07, 6.45) is 0. The van der Waals surface area contributed by atoms with Crippen LogP contribution in [0.2, 0.25) is 0 Å². The third-order valence-electron chi connectivity index (χ3n) is 30.7. The van der Waals surface area contributed by atoms with Crippen LogP contribution >= 0.6 is 0 Å². The summed E-state index contributed by atoms with van der Waals surface area (Å²) in [7, 11) is 0. The molecule has 30 aromatic rings. The molecule has 27 aromatic carbocycles. The van der Waals surface area contributed by atoms with E-state index in [1.807, 2.05) is 0 Å². The molecular formula is C140H82O3. The lowest BCUT2D eigenvalue weighted by Gasteiger charge is -2.19. The van der Waals surface area contributed by atoms with Crippen molar-refractivity contribution in [2.45, 2.75) is 0 Å². The van der Waals surface area contributed by atoms with Gasteiger partial charge in [-0.15, -0.1) is 0 Å². The van der Waals surface area contributed by atoms with Gasteiger partial charge in [-0.1, -0.05) is 376 Å². The van der Waals surface area contributed by atoms with Crippen LogP contribution in [0.25, 0.3) is 318 Å². The Kier molecular flexibility index (Phi) is 17.9. The molecule has 30 rings (SSSR count). The largest absolute Gasteiger partial charge is 0.456 e. The molecule has 3 heterocycles. The highest BCUT2D eigenvalue weighted by atomic mass is 16.3. The second-order valence-electron chi connectivity index (χ2n) is 38.7. The van der Waals surface area contributed by atoms with Crippen molar-refractivity contribution in [3.05, 3.63) is 497 Å². The van der Waals surface area contributed by atoms with Crippen molar-refractivity contribution in [2.75, 3.05) is 0 Å². The smallest absolute Gasteiger partial charge is 0.136 e. The molecule has 0 aliphatic heterocycles. The molecule has 0 saturated heterocycles. The molecule has 0 saturated carbocycles. The summed E-state index contributed by atoms with van der Waals surface area (Å²) in [6.45, 7) is 0. The monoisotopic (exact) mass is 1810 g/mol. The molecule has 0 spiro atoms. The maximum absolute atomic E-state index is 7.02. The van der Waals surface area contributed by atoms with Gasteiger partial charge in [0.25, 0.3) is 0 Å². The van der Waals surface area contributed by atoms with Gasteiger partial charge in [-0.05, 0) is 373 Å². The minimum atomic E-state index is 0.848. The zero-order chi connectivity index (χ0) is 93.6. The van der Waals surface area contributed by atoms with Crippen LogP contribution in [0.3, 0.4) is 0 Å². The van der Waals surface area contributed by atoms with E-state index in [2.05, 4.69) is 497 Å². The fourth-order valence-corrected chi connectivity index (χ4v) is 23.9. The summed E-state index contributed by atoms with van der Waals surface area (Å²) in [6, 6.07) is 185. The SMILES string of the molecule is c1cc(-c2cc(-c3ccc(-c4ccc5cc6c(cc5c4)oc4ccc(-c5c7ccccc7c(-c7ccc(-c8ccc9ccccc9c8)cc7)c7ccccc57)cc46)cc3)cc(-c3c4ccccc4c(-c4ccc5oc6cc7ccccc7cc6c5c4)c4ccccc34)c2)cc(-c2cccc3cc4c(cc23)oc2ccc(-c3c5ccccc5c(-c5cccc(-c6ccc7ccccc7c6)c5)c5ccccc35)cc24)c1. The Morgan fingerprint density at radius 2 is 0.329 bits per heavy atom. The number of furan rings is 3. The van der Waals surface area contributed by atoms with Crippen LogP contribution in [0.15, 0.2) is 511 Å². The topological polar surface area (TPSA) is 39.4 Å². The quantitative estimate of drug-likeness (QED) is 0.114. The number of fused-ring (bicyclic) bond motifs is 20. The van der Waals surface area contributed by atoms with Crippen molar-refractivity contribution in [2.24, 2.45) is 0 Å². The number of hydrogen-bond acceptors (Lipinski definition) is 3. The lowest BCUT2D eigenvalue weighted by Crippen LogP contribution is -1.92. The fourth-order valence-electron chi connectivity index (χ4n) is 23.9. The van der Waals surface area contributed by atoms with Gasteiger partial charge >= 0.3 is 0 Å². The molecule has 0 radical (unpaired) electrons. The maximum atomic E-state index is 7.02. The van der Waals surface area contributed by atoms with Gasteiger partial charge in [-0.25, -0.2) is 0 Å². The third kappa shape index (κ3) is 13.1. The van der Waals surface area contributed by atoms with E-state index < -0.39 is 0 Å². The van der Waals surface area contributed by atoms with Crippen LogP contribution in [0.1, 0.15) is 0 Å². The highest BCUT2D eigenvalue weighted by molar-refractivity contribution is 6.27. The number of benzene rings is 27. The first-order chi connectivity index (χ1) is 70.8. The van der Waals surface area contributed by atoms with Crippen LogP contribution < -0.4 is 0 Å². The average Bonchev–Trinajstić information content (AvgIpc) is 1.52. The molecule has 3 heteroatoms. The van der Waals surface area contributed by atoms with E-state index >= 15 is 0 Å². The minimum Gasteiger partial charge on any atom is -0.456 e. The molecule has 0 aliphatic carbocycles. The molecule has 0 N–H and O–H groups in total. The van der Waals surface area contributed by atoms with Crippen molar-refractivity contribution in [1.29, 1.82) is 0 Å². The Morgan fingerprint density at radius 3 is 0.769 bits per heavy atom. The van der Waals surface area contributed by atoms with Crippen LogP contribution in [-0.4, -0.2) is 0 Å². The molecule has 0 bridgehead atoms. The second kappa shape index (κ2) is 31.9. The van der Waals surface area contributed by atoms with Crippen molar-refractivity contribution < 1.29 is 13.3 Å². The van der Waals surface area contributed by atoms with E-state index in [1.165, 1.54) is 158 Å². The van der Waals surface area contributed by atoms with Gasteiger partial charge in [0.2, 0.25) is 0 Å². The van der Waals surface area contributed by atoms with Gasteiger partial charge in [-0.2, -0.15) is 0 Å². The zero-order valence-corrected chi connectivity index (χ0v) is 77.6. The zero-order valence-electron chi connectivity index (χ0n) is 77.6. The van der Waals surface area contributed by atoms with E-state index in [9.17, 15) is 0 Å².